The van der Waals surface area contributed by atoms with Gasteiger partial charge in [-0.3, -0.25) is 0 Å². The van der Waals surface area contributed by atoms with E-state index in [1.807, 2.05) is 6.92 Å². The molecule has 0 amide bonds. The Bertz CT molecular complexity index is 1060. The lowest BCUT2D eigenvalue weighted by Gasteiger charge is -2.46. The van der Waals surface area contributed by atoms with Crippen molar-refractivity contribution in [2.45, 2.75) is 141 Å². The van der Waals surface area contributed by atoms with E-state index in [2.05, 4.69) is 129 Å². The van der Waals surface area contributed by atoms with Gasteiger partial charge in [-0.15, -0.1) is 0 Å². The van der Waals surface area contributed by atoms with Gasteiger partial charge in [-0.05, 0) is 57.9 Å². The zero-order valence-corrected chi connectivity index (χ0v) is 30.7. The zero-order chi connectivity index (χ0) is 31.8. The molecule has 0 spiro atoms. The molecule has 0 saturated carbocycles. The van der Waals surface area contributed by atoms with Crippen molar-refractivity contribution >= 4 is 27.0 Å². The lowest BCUT2D eigenvalue weighted by atomic mass is 10.0. The van der Waals surface area contributed by atoms with Crippen molar-refractivity contribution in [1.82, 2.24) is 0 Å². The quantitative estimate of drug-likeness (QED) is 0.201. The smallest absolute Gasteiger partial charge is 0.261 e. The van der Waals surface area contributed by atoms with Crippen LogP contribution in [0.2, 0.25) is 21.7 Å². The predicted molar refractivity (Wildman–Crippen MR) is 187 cm³/mol. The molecule has 3 rings (SSSR count). The third-order valence-electron chi connectivity index (χ3n) is 9.47. The molecule has 0 radical (unpaired) electrons. The number of benzene rings is 2. The Balaban J connectivity index is 1.88. The summed E-state index contributed by atoms with van der Waals surface area (Å²) in [7, 11) is -4.67. The van der Waals surface area contributed by atoms with E-state index >= 15 is 0 Å². The maximum atomic E-state index is 9.88. The van der Waals surface area contributed by atoms with Crippen LogP contribution in [0.3, 0.4) is 0 Å². The average molecular weight is 625 g/mol. The third-order valence-corrected chi connectivity index (χ3v) is 20.6. The highest BCUT2D eigenvalue weighted by atomic mass is 28.4. The number of aliphatic hydroxyl groups is 1. The van der Waals surface area contributed by atoms with Gasteiger partial charge in [0, 0.05) is 25.9 Å². The van der Waals surface area contributed by atoms with Crippen LogP contribution in [0.25, 0.3) is 0 Å². The van der Waals surface area contributed by atoms with Crippen LogP contribution in [-0.2, 0) is 13.6 Å². The van der Waals surface area contributed by atoms with Gasteiger partial charge in [0.2, 0.25) is 8.32 Å². The van der Waals surface area contributed by atoms with E-state index in [0.29, 0.717) is 23.2 Å². The molecule has 1 N–H and O–H groups in total. The molecule has 0 unspecified atom stereocenters. The minimum atomic E-state index is -2.61. The van der Waals surface area contributed by atoms with Crippen molar-refractivity contribution in [2.75, 3.05) is 6.61 Å². The Morgan fingerprint density at radius 2 is 1.35 bits per heavy atom. The van der Waals surface area contributed by atoms with Crippen molar-refractivity contribution in [3.05, 3.63) is 72.5 Å². The van der Waals surface area contributed by atoms with Gasteiger partial charge in [0.25, 0.3) is 8.32 Å². The lowest BCUT2D eigenvalue weighted by molar-refractivity contribution is 0.0277. The minimum Gasteiger partial charge on any atom is -0.495 e. The highest BCUT2D eigenvalue weighted by Gasteiger charge is 2.50. The maximum Gasteiger partial charge on any atom is 0.261 e. The Hall–Kier alpha value is -1.71. The first kappa shape index (κ1) is 35.8. The average Bonchev–Trinajstić information content (AvgIpc) is 2.93. The van der Waals surface area contributed by atoms with Gasteiger partial charge >= 0.3 is 0 Å². The van der Waals surface area contributed by atoms with Crippen molar-refractivity contribution in [2.24, 2.45) is 0 Å². The van der Waals surface area contributed by atoms with E-state index in [0.717, 1.165) is 37.9 Å². The summed E-state index contributed by atoms with van der Waals surface area (Å²) in [5.41, 5.74) is 1.58. The SMILES string of the molecule is CC(C)[Si](O[C@H]1C=C(CCC[C@@H](C)O)O[C@H](CCO[Si](c2ccccc2)(c2ccccc2)C(C)(C)C)C1)(C(C)C)C(C)C. The molecular formula is C37H60O4Si2. The van der Waals surface area contributed by atoms with E-state index < -0.39 is 16.6 Å². The van der Waals surface area contributed by atoms with Crippen molar-refractivity contribution < 1.29 is 18.7 Å². The van der Waals surface area contributed by atoms with Gasteiger partial charge in [-0.2, -0.15) is 0 Å². The molecule has 3 atom stereocenters. The molecule has 240 valence electrons. The van der Waals surface area contributed by atoms with Crippen LogP contribution in [0.5, 0.6) is 0 Å². The van der Waals surface area contributed by atoms with Crippen LogP contribution < -0.4 is 10.4 Å². The number of hydrogen-bond acceptors (Lipinski definition) is 4. The molecule has 43 heavy (non-hydrogen) atoms. The monoisotopic (exact) mass is 624 g/mol. The molecule has 2 aromatic carbocycles. The number of rotatable bonds is 15. The van der Waals surface area contributed by atoms with E-state index in [-0.39, 0.29) is 23.4 Å². The van der Waals surface area contributed by atoms with Gasteiger partial charge in [0.1, 0.15) is 6.10 Å². The molecule has 6 heteroatoms. The van der Waals surface area contributed by atoms with Crippen molar-refractivity contribution in [3.63, 3.8) is 0 Å². The summed E-state index contributed by atoms with van der Waals surface area (Å²) in [4.78, 5) is 0. The summed E-state index contributed by atoms with van der Waals surface area (Å²) in [5, 5.41) is 12.4. The van der Waals surface area contributed by atoms with E-state index in [4.69, 9.17) is 13.6 Å². The zero-order valence-electron chi connectivity index (χ0n) is 28.7. The number of ether oxygens (including phenoxy) is 1. The Labute approximate surface area is 265 Å². The largest absolute Gasteiger partial charge is 0.495 e. The molecule has 0 aliphatic carbocycles. The standard InChI is InChI=1S/C37H60O4Si2/c1-28(2)42(29(3)4,30(5)6)41-34-26-32(19-17-18-31(7)38)40-33(27-34)24-25-39-43(37(8,9)10,35-20-13-11-14-21-35)36-22-15-12-16-23-36/h11-16,20-23,26,28-31,33-34,38H,17-19,24-25,27H2,1-10H3/t31-,33-,34+/m1/s1. The van der Waals surface area contributed by atoms with Crippen molar-refractivity contribution in [1.29, 1.82) is 0 Å². The summed E-state index contributed by atoms with van der Waals surface area (Å²) >= 11 is 0. The number of hydrogen-bond donors (Lipinski definition) is 1. The molecular weight excluding hydrogens is 565 g/mol. The van der Waals surface area contributed by atoms with E-state index in [1.165, 1.54) is 10.4 Å². The molecule has 1 aliphatic rings. The highest BCUT2D eigenvalue weighted by Crippen LogP contribution is 2.44. The van der Waals surface area contributed by atoms with Gasteiger partial charge in [0.15, 0.2) is 0 Å². The first-order chi connectivity index (χ1) is 20.2. The van der Waals surface area contributed by atoms with Crippen LogP contribution in [0.4, 0.5) is 0 Å². The summed E-state index contributed by atoms with van der Waals surface area (Å²) in [6.45, 7) is 23.6. The summed E-state index contributed by atoms with van der Waals surface area (Å²) in [6.07, 6.45) is 6.23. The van der Waals surface area contributed by atoms with Gasteiger partial charge < -0.3 is 18.7 Å². The molecule has 1 aliphatic heterocycles. The second-order valence-corrected chi connectivity index (χ2v) is 24.3. The van der Waals surface area contributed by atoms with Crippen LogP contribution in [0, 0.1) is 0 Å². The summed E-state index contributed by atoms with van der Waals surface area (Å²) in [6, 6.07) is 21.7. The highest BCUT2D eigenvalue weighted by molar-refractivity contribution is 6.99. The molecule has 4 nitrogen and oxygen atoms in total. The fourth-order valence-electron chi connectivity index (χ4n) is 7.58. The topological polar surface area (TPSA) is 47.9 Å². The molecule has 0 aromatic heterocycles. The van der Waals surface area contributed by atoms with Gasteiger partial charge in [-0.1, -0.05) is 123 Å². The summed E-state index contributed by atoms with van der Waals surface area (Å²) < 4.78 is 21.2. The first-order valence-electron chi connectivity index (χ1n) is 16.7. The molecule has 0 saturated heterocycles. The molecule has 2 aromatic rings. The van der Waals surface area contributed by atoms with E-state index in [9.17, 15) is 5.11 Å². The van der Waals surface area contributed by atoms with Crippen LogP contribution >= 0.6 is 0 Å². The summed E-state index contributed by atoms with van der Waals surface area (Å²) in [5.74, 6) is 1.02. The number of allylic oxidation sites excluding steroid dienone is 1. The minimum absolute atomic E-state index is 0.0351. The maximum absolute atomic E-state index is 9.88. The van der Waals surface area contributed by atoms with Crippen molar-refractivity contribution in [3.8, 4) is 0 Å². The van der Waals surface area contributed by atoms with Crippen LogP contribution in [0.15, 0.2) is 72.5 Å². The van der Waals surface area contributed by atoms with Gasteiger partial charge in [-0.25, -0.2) is 0 Å². The third kappa shape index (κ3) is 8.52. The molecule has 1 heterocycles. The second-order valence-electron chi connectivity index (χ2n) is 14.6. The van der Waals surface area contributed by atoms with Crippen LogP contribution in [0.1, 0.15) is 101 Å². The number of aliphatic hydroxyl groups excluding tert-OH is 1. The fourth-order valence-corrected chi connectivity index (χ4v) is 17.7. The van der Waals surface area contributed by atoms with Crippen LogP contribution in [-0.4, -0.2) is 46.7 Å². The Kier molecular flexibility index (Phi) is 12.9. The predicted octanol–water partition coefficient (Wildman–Crippen LogP) is 8.74. The molecule has 0 bridgehead atoms. The fraction of sp³-hybridized carbons (Fsp3) is 0.622. The molecule has 0 fully saturated rings. The Morgan fingerprint density at radius 3 is 1.79 bits per heavy atom. The first-order valence-corrected chi connectivity index (χ1v) is 20.8. The van der Waals surface area contributed by atoms with Gasteiger partial charge in [0.05, 0.1) is 18.0 Å². The second kappa shape index (κ2) is 15.5. The Morgan fingerprint density at radius 1 is 0.837 bits per heavy atom. The van der Waals surface area contributed by atoms with E-state index in [1.54, 1.807) is 0 Å². The normalized spacial score (nSPS) is 19.1. The lowest BCUT2D eigenvalue weighted by Crippen LogP contribution is -2.66.